The predicted octanol–water partition coefficient (Wildman–Crippen LogP) is 8.43. The lowest BCUT2D eigenvalue weighted by Gasteiger charge is -2.09. The van der Waals surface area contributed by atoms with Gasteiger partial charge in [0.2, 0.25) is 0 Å². The number of benzene rings is 1. The quantitative estimate of drug-likeness (QED) is 0.129. The zero-order chi connectivity index (χ0) is 21.3. The molecule has 1 unspecified atom stereocenters. The molecule has 30 heavy (non-hydrogen) atoms. The lowest BCUT2D eigenvalue weighted by atomic mass is 10.1. The van der Waals surface area contributed by atoms with E-state index in [4.69, 9.17) is 9.47 Å². The van der Waals surface area contributed by atoms with Gasteiger partial charge in [-0.15, -0.1) is 0 Å². The van der Waals surface area contributed by atoms with Crippen molar-refractivity contribution in [2.75, 3.05) is 13.2 Å². The summed E-state index contributed by atoms with van der Waals surface area (Å²) < 4.78 is 11.1. The SMILES string of the molecule is CCCCCCCCCCCC/C=C/CCCCc1ccc(OCC2(C)CO2)cc1. The number of unbranched alkanes of at least 4 members (excludes halogenated alkanes) is 12. The molecule has 2 rings (SSSR count). The largest absolute Gasteiger partial charge is 0.491 e. The fourth-order valence-electron chi connectivity index (χ4n) is 3.77. The van der Waals surface area contributed by atoms with E-state index in [9.17, 15) is 0 Å². The van der Waals surface area contributed by atoms with Crippen LogP contribution in [0.4, 0.5) is 0 Å². The number of hydrogen-bond donors (Lipinski definition) is 0. The van der Waals surface area contributed by atoms with Crippen molar-refractivity contribution in [3.63, 3.8) is 0 Å². The van der Waals surface area contributed by atoms with Gasteiger partial charge in [0.05, 0.1) is 6.61 Å². The Balaban J connectivity index is 1.36. The van der Waals surface area contributed by atoms with Crippen molar-refractivity contribution in [2.24, 2.45) is 0 Å². The van der Waals surface area contributed by atoms with Gasteiger partial charge >= 0.3 is 0 Å². The molecule has 170 valence electrons. The van der Waals surface area contributed by atoms with E-state index in [0.717, 1.165) is 18.8 Å². The molecule has 1 atom stereocenters. The maximum atomic E-state index is 5.79. The van der Waals surface area contributed by atoms with Crippen LogP contribution in [0.25, 0.3) is 0 Å². The molecule has 1 fully saturated rings. The number of rotatable bonds is 19. The highest BCUT2D eigenvalue weighted by atomic mass is 16.6. The molecule has 0 saturated carbocycles. The van der Waals surface area contributed by atoms with Crippen LogP contribution in [0, 0.1) is 0 Å². The van der Waals surface area contributed by atoms with Crippen molar-refractivity contribution in [2.45, 2.75) is 116 Å². The van der Waals surface area contributed by atoms with Gasteiger partial charge in [-0.05, 0) is 63.1 Å². The summed E-state index contributed by atoms with van der Waals surface area (Å²) in [4.78, 5) is 0. The summed E-state index contributed by atoms with van der Waals surface area (Å²) in [6.45, 7) is 5.85. The average molecular weight is 415 g/mol. The van der Waals surface area contributed by atoms with Crippen molar-refractivity contribution in [3.8, 4) is 5.75 Å². The molecule has 1 aliphatic heterocycles. The van der Waals surface area contributed by atoms with Gasteiger partial charge < -0.3 is 9.47 Å². The molecule has 2 nitrogen and oxygen atoms in total. The van der Waals surface area contributed by atoms with Crippen LogP contribution >= 0.6 is 0 Å². The van der Waals surface area contributed by atoms with Gasteiger partial charge in [-0.2, -0.15) is 0 Å². The Morgan fingerprint density at radius 2 is 1.33 bits per heavy atom. The molecule has 1 aromatic rings. The molecule has 0 N–H and O–H groups in total. The summed E-state index contributed by atoms with van der Waals surface area (Å²) in [7, 11) is 0. The molecule has 0 aromatic heterocycles. The fourth-order valence-corrected chi connectivity index (χ4v) is 3.77. The minimum atomic E-state index is -0.0419. The van der Waals surface area contributed by atoms with Crippen LogP contribution in [0.5, 0.6) is 5.75 Å². The third-order valence-electron chi connectivity index (χ3n) is 6.08. The van der Waals surface area contributed by atoms with Gasteiger partial charge in [-0.1, -0.05) is 89.0 Å². The van der Waals surface area contributed by atoms with Gasteiger partial charge in [-0.25, -0.2) is 0 Å². The Morgan fingerprint density at radius 3 is 1.90 bits per heavy atom. The van der Waals surface area contributed by atoms with Crippen molar-refractivity contribution in [3.05, 3.63) is 42.0 Å². The molecule has 1 aromatic carbocycles. The Bertz CT molecular complexity index is 557. The minimum absolute atomic E-state index is 0.0419. The lowest BCUT2D eigenvalue weighted by Crippen LogP contribution is -2.16. The highest BCUT2D eigenvalue weighted by molar-refractivity contribution is 5.27. The van der Waals surface area contributed by atoms with Crippen molar-refractivity contribution >= 4 is 0 Å². The molecule has 0 aliphatic carbocycles. The fraction of sp³-hybridized carbons (Fsp3) is 0.714. The molecular weight excluding hydrogens is 368 g/mol. The second-order valence-corrected chi connectivity index (χ2v) is 9.36. The number of allylic oxidation sites excluding steroid dienone is 2. The van der Waals surface area contributed by atoms with Gasteiger partial charge in [-0.3, -0.25) is 0 Å². The molecule has 0 amide bonds. The Morgan fingerprint density at radius 1 is 0.800 bits per heavy atom. The zero-order valence-corrected chi connectivity index (χ0v) is 19.8. The van der Waals surface area contributed by atoms with E-state index in [2.05, 4.69) is 50.3 Å². The van der Waals surface area contributed by atoms with Crippen LogP contribution in [0.3, 0.4) is 0 Å². The first-order chi connectivity index (χ1) is 14.7. The van der Waals surface area contributed by atoms with Crippen LogP contribution < -0.4 is 4.74 Å². The predicted molar refractivity (Wildman–Crippen MR) is 129 cm³/mol. The molecule has 1 heterocycles. The Labute approximate surface area is 186 Å². The monoisotopic (exact) mass is 414 g/mol. The highest BCUT2D eigenvalue weighted by Crippen LogP contribution is 2.27. The first-order valence-electron chi connectivity index (χ1n) is 12.7. The summed E-state index contributed by atoms with van der Waals surface area (Å²) in [6.07, 6.45) is 25.2. The van der Waals surface area contributed by atoms with E-state index >= 15 is 0 Å². The van der Waals surface area contributed by atoms with Crippen molar-refractivity contribution < 1.29 is 9.47 Å². The van der Waals surface area contributed by atoms with E-state index in [1.807, 2.05) is 0 Å². The summed E-state index contributed by atoms with van der Waals surface area (Å²) >= 11 is 0. The van der Waals surface area contributed by atoms with E-state index in [0.29, 0.717) is 6.61 Å². The maximum absolute atomic E-state index is 5.79. The summed E-state index contributed by atoms with van der Waals surface area (Å²) in [6, 6.07) is 8.58. The number of hydrogen-bond acceptors (Lipinski definition) is 2. The second kappa shape index (κ2) is 15.5. The molecular formula is C28H46O2. The van der Waals surface area contributed by atoms with Gasteiger partial charge in [0.25, 0.3) is 0 Å². The van der Waals surface area contributed by atoms with E-state index < -0.39 is 0 Å². The van der Waals surface area contributed by atoms with Crippen LogP contribution in [-0.2, 0) is 11.2 Å². The standard InChI is InChI=1S/C28H46O2/c1-3-4-5-6-7-8-9-10-11-12-13-14-15-16-17-18-19-26-20-22-27(23-21-26)29-24-28(2)25-30-28/h14-15,20-23H,3-13,16-19,24-25H2,1-2H3/b15-14+. The van der Waals surface area contributed by atoms with Crippen LogP contribution in [0.1, 0.15) is 109 Å². The molecule has 2 heteroatoms. The van der Waals surface area contributed by atoms with Crippen LogP contribution in [-0.4, -0.2) is 18.8 Å². The summed E-state index contributed by atoms with van der Waals surface area (Å²) in [5.74, 6) is 0.949. The Kier molecular flexibility index (Phi) is 12.9. The van der Waals surface area contributed by atoms with Gasteiger partial charge in [0.1, 0.15) is 18.0 Å². The topological polar surface area (TPSA) is 21.8 Å². The molecule has 0 bridgehead atoms. The van der Waals surface area contributed by atoms with Crippen LogP contribution in [0.15, 0.2) is 36.4 Å². The highest BCUT2D eigenvalue weighted by Gasteiger charge is 2.40. The Hall–Kier alpha value is -1.28. The van der Waals surface area contributed by atoms with Crippen LogP contribution in [0.2, 0.25) is 0 Å². The smallest absolute Gasteiger partial charge is 0.123 e. The normalized spacial score (nSPS) is 18.2. The van der Waals surface area contributed by atoms with E-state index in [-0.39, 0.29) is 5.60 Å². The first-order valence-corrected chi connectivity index (χ1v) is 12.7. The third kappa shape index (κ3) is 12.4. The lowest BCUT2D eigenvalue weighted by molar-refractivity contribution is 0.202. The van der Waals surface area contributed by atoms with E-state index in [1.54, 1.807) is 0 Å². The van der Waals surface area contributed by atoms with Gasteiger partial charge in [0.15, 0.2) is 0 Å². The van der Waals surface area contributed by atoms with E-state index in [1.165, 1.54) is 95.5 Å². The van der Waals surface area contributed by atoms with Crippen molar-refractivity contribution in [1.29, 1.82) is 0 Å². The summed E-state index contributed by atoms with van der Waals surface area (Å²) in [5.41, 5.74) is 1.37. The number of aryl methyl sites for hydroxylation is 1. The molecule has 0 radical (unpaired) electrons. The molecule has 0 spiro atoms. The molecule has 1 saturated heterocycles. The molecule has 1 aliphatic rings. The average Bonchev–Trinajstić information content (AvgIpc) is 3.50. The summed E-state index contributed by atoms with van der Waals surface area (Å²) in [5, 5.41) is 0. The van der Waals surface area contributed by atoms with Crippen molar-refractivity contribution in [1.82, 2.24) is 0 Å². The van der Waals surface area contributed by atoms with Gasteiger partial charge in [0, 0.05) is 0 Å². The zero-order valence-electron chi connectivity index (χ0n) is 19.8. The minimum Gasteiger partial charge on any atom is -0.491 e. The first kappa shape index (κ1) is 25.0. The number of ether oxygens (including phenoxy) is 2. The number of epoxide rings is 1. The maximum Gasteiger partial charge on any atom is 0.123 e. The second-order valence-electron chi connectivity index (χ2n) is 9.36. The third-order valence-corrected chi connectivity index (χ3v) is 6.08.